The monoisotopic (exact) mass is 333 g/mol. The lowest BCUT2D eigenvalue weighted by Crippen LogP contribution is -2.11. The van der Waals surface area contributed by atoms with E-state index in [1.807, 2.05) is 36.4 Å². The number of nitrogens with zero attached hydrogens (tertiary/aromatic N) is 2. The second-order valence-electron chi connectivity index (χ2n) is 5.37. The summed E-state index contributed by atoms with van der Waals surface area (Å²) in [5.41, 5.74) is 3.75. The Morgan fingerprint density at radius 1 is 0.792 bits per heavy atom. The number of halogens is 1. The van der Waals surface area contributed by atoms with Gasteiger partial charge in [-0.3, -0.25) is 14.8 Å². The van der Waals surface area contributed by atoms with E-state index in [-0.39, 0.29) is 5.56 Å². The van der Waals surface area contributed by atoms with Crippen LogP contribution >= 0.6 is 11.6 Å². The van der Waals surface area contributed by atoms with Gasteiger partial charge in [0.15, 0.2) is 0 Å². The maximum atomic E-state index is 12.8. The topological polar surface area (TPSA) is 58.6 Å². The molecule has 0 aliphatic carbocycles. The van der Waals surface area contributed by atoms with Crippen molar-refractivity contribution in [1.82, 2.24) is 15.0 Å². The number of pyridine rings is 3. The molecule has 4 aromatic rings. The molecule has 4 rings (SSSR count). The van der Waals surface area contributed by atoms with Crippen molar-refractivity contribution in [3.05, 3.63) is 82.6 Å². The highest BCUT2D eigenvalue weighted by Crippen LogP contribution is 2.35. The molecule has 0 saturated heterocycles. The molecule has 3 aromatic heterocycles. The van der Waals surface area contributed by atoms with Crippen LogP contribution in [0, 0.1) is 0 Å². The van der Waals surface area contributed by atoms with Crippen LogP contribution in [0.3, 0.4) is 0 Å². The first-order valence-corrected chi connectivity index (χ1v) is 7.78. The Morgan fingerprint density at radius 2 is 1.38 bits per heavy atom. The standard InChI is InChI=1S/C19H12ClN3O/c20-14-1-2-16-15(11-14)17(12-3-7-21-8-4-12)18(19(24)23-16)13-5-9-22-10-6-13/h1-11H,(H,23,24). The van der Waals surface area contributed by atoms with Gasteiger partial charge in [-0.2, -0.15) is 0 Å². The summed E-state index contributed by atoms with van der Waals surface area (Å²) in [6, 6.07) is 12.9. The molecule has 1 aromatic carbocycles. The number of nitrogens with one attached hydrogen (secondary N) is 1. The number of hydrogen-bond donors (Lipinski definition) is 1. The van der Waals surface area contributed by atoms with Gasteiger partial charge in [-0.25, -0.2) is 0 Å². The molecular weight excluding hydrogens is 322 g/mol. The van der Waals surface area contributed by atoms with Crippen molar-refractivity contribution in [2.45, 2.75) is 0 Å². The molecule has 0 unspecified atom stereocenters. The van der Waals surface area contributed by atoms with Gasteiger partial charge in [0.05, 0.1) is 5.56 Å². The second kappa shape index (κ2) is 5.91. The number of benzene rings is 1. The van der Waals surface area contributed by atoms with Crippen LogP contribution in [-0.2, 0) is 0 Å². The van der Waals surface area contributed by atoms with Crippen molar-refractivity contribution in [1.29, 1.82) is 0 Å². The predicted molar refractivity (Wildman–Crippen MR) is 96.0 cm³/mol. The third-order valence-corrected chi connectivity index (χ3v) is 4.15. The normalized spacial score (nSPS) is 10.9. The van der Waals surface area contributed by atoms with Gasteiger partial charge in [0.1, 0.15) is 0 Å². The van der Waals surface area contributed by atoms with E-state index in [0.29, 0.717) is 10.6 Å². The molecule has 116 valence electrons. The van der Waals surface area contributed by atoms with Crippen molar-refractivity contribution >= 4 is 22.5 Å². The van der Waals surface area contributed by atoms with Crippen molar-refractivity contribution in [2.24, 2.45) is 0 Å². The van der Waals surface area contributed by atoms with E-state index in [2.05, 4.69) is 15.0 Å². The van der Waals surface area contributed by atoms with Gasteiger partial charge in [-0.15, -0.1) is 0 Å². The molecule has 1 N–H and O–H groups in total. The average molecular weight is 334 g/mol. The van der Waals surface area contributed by atoms with Crippen LogP contribution in [0.4, 0.5) is 0 Å². The molecule has 0 aliphatic rings. The molecule has 5 heteroatoms. The molecule has 0 atom stereocenters. The van der Waals surface area contributed by atoms with E-state index in [0.717, 1.165) is 27.6 Å². The van der Waals surface area contributed by atoms with E-state index in [4.69, 9.17) is 11.6 Å². The van der Waals surface area contributed by atoms with E-state index in [9.17, 15) is 4.79 Å². The Morgan fingerprint density at radius 3 is 2.00 bits per heavy atom. The van der Waals surface area contributed by atoms with E-state index < -0.39 is 0 Å². The number of fused-ring (bicyclic) bond motifs is 1. The average Bonchev–Trinajstić information content (AvgIpc) is 2.62. The quantitative estimate of drug-likeness (QED) is 0.594. The van der Waals surface area contributed by atoms with E-state index in [1.54, 1.807) is 30.9 Å². The molecule has 0 radical (unpaired) electrons. The van der Waals surface area contributed by atoms with Crippen molar-refractivity contribution in [2.75, 3.05) is 0 Å². The largest absolute Gasteiger partial charge is 0.321 e. The summed E-state index contributed by atoms with van der Waals surface area (Å²) in [6.07, 6.45) is 6.77. The second-order valence-corrected chi connectivity index (χ2v) is 5.80. The third kappa shape index (κ3) is 2.47. The summed E-state index contributed by atoms with van der Waals surface area (Å²) in [6.45, 7) is 0. The zero-order valence-corrected chi connectivity index (χ0v) is 13.3. The van der Waals surface area contributed by atoms with Crippen molar-refractivity contribution in [3.8, 4) is 22.3 Å². The summed E-state index contributed by atoms with van der Waals surface area (Å²) in [4.78, 5) is 23.8. The Hall–Kier alpha value is -2.98. The molecule has 0 amide bonds. The Kier molecular flexibility index (Phi) is 3.59. The van der Waals surface area contributed by atoms with Crippen molar-refractivity contribution < 1.29 is 0 Å². The minimum Gasteiger partial charge on any atom is -0.321 e. The van der Waals surface area contributed by atoms with Gasteiger partial charge in [0, 0.05) is 46.3 Å². The van der Waals surface area contributed by atoms with Crippen LogP contribution < -0.4 is 5.56 Å². The first-order chi connectivity index (χ1) is 11.7. The summed E-state index contributed by atoms with van der Waals surface area (Å²) in [7, 11) is 0. The molecule has 0 aliphatic heterocycles. The Labute approximate surface area is 142 Å². The zero-order chi connectivity index (χ0) is 16.5. The lowest BCUT2D eigenvalue weighted by molar-refractivity contribution is 1.28. The van der Waals surface area contributed by atoms with Crippen LogP contribution in [-0.4, -0.2) is 15.0 Å². The van der Waals surface area contributed by atoms with E-state index >= 15 is 0 Å². The van der Waals surface area contributed by atoms with E-state index in [1.165, 1.54) is 0 Å². The first kappa shape index (κ1) is 14.6. The zero-order valence-electron chi connectivity index (χ0n) is 12.5. The summed E-state index contributed by atoms with van der Waals surface area (Å²) < 4.78 is 0. The molecule has 3 heterocycles. The highest BCUT2D eigenvalue weighted by molar-refractivity contribution is 6.31. The fourth-order valence-corrected chi connectivity index (χ4v) is 3.05. The molecule has 0 spiro atoms. The number of H-pyrrole nitrogens is 1. The SMILES string of the molecule is O=c1[nH]c2ccc(Cl)cc2c(-c2ccncc2)c1-c1ccncc1. The maximum absolute atomic E-state index is 12.8. The van der Waals surface area contributed by atoms with Crippen LogP contribution in [0.5, 0.6) is 0 Å². The molecular formula is C19H12ClN3O. The number of aromatic nitrogens is 3. The molecule has 0 fully saturated rings. The smallest absolute Gasteiger partial charge is 0.256 e. The van der Waals surface area contributed by atoms with Crippen molar-refractivity contribution in [3.63, 3.8) is 0 Å². The molecule has 24 heavy (non-hydrogen) atoms. The Bertz CT molecular complexity index is 1080. The predicted octanol–water partition coefficient (Wildman–Crippen LogP) is 4.31. The van der Waals surface area contributed by atoms with Gasteiger partial charge < -0.3 is 4.98 Å². The maximum Gasteiger partial charge on any atom is 0.256 e. The fourth-order valence-electron chi connectivity index (χ4n) is 2.88. The summed E-state index contributed by atoms with van der Waals surface area (Å²) >= 11 is 6.20. The fraction of sp³-hybridized carbons (Fsp3) is 0. The van der Waals surface area contributed by atoms with Gasteiger partial charge in [0.2, 0.25) is 0 Å². The van der Waals surface area contributed by atoms with Crippen LogP contribution in [0.1, 0.15) is 0 Å². The number of aromatic amines is 1. The molecule has 4 nitrogen and oxygen atoms in total. The molecule has 0 saturated carbocycles. The van der Waals surface area contributed by atoms with Gasteiger partial charge in [-0.1, -0.05) is 11.6 Å². The Balaban J connectivity index is 2.19. The highest BCUT2D eigenvalue weighted by Gasteiger charge is 2.16. The van der Waals surface area contributed by atoms with Crippen LogP contribution in [0.25, 0.3) is 33.2 Å². The third-order valence-electron chi connectivity index (χ3n) is 3.91. The lowest BCUT2D eigenvalue weighted by atomic mass is 9.93. The van der Waals surface area contributed by atoms with Gasteiger partial charge in [-0.05, 0) is 53.6 Å². The first-order valence-electron chi connectivity index (χ1n) is 7.40. The van der Waals surface area contributed by atoms with Crippen LogP contribution in [0.15, 0.2) is 72.0 Å². The molecule has 0 bridgehead atoms. The van der Waals surface area contributed by atoms with Gasteiger partial charge in [0.25, 0.3) is 5.56 Å². The van der Waals surface area contributed by atoms with Gasteiger partial charge >= 0.3 is 0 Å². The summed E-state index contributed by atoms with van der Waals surface area (Å²) in [5.74, 6) is 0. The lowest BCUT2D eigenvalue weighted by Gasteiger charge is -2.13. The minimum absolute atomic E-state index is 0.150. The minimum atomic E-state index is -0.150. The number of rotatable bonds is 2. The number of hydrogen-bond acceptors (Lipinski definition) is 3. The summed E-state index contributed by atoms with van der Waals surface area (Å²) in [5, 5.41) is 1.51. The highest BCUT2D eigenvalue weighted by atomic mass is 35.5. The van der Waals surface area contributed by atoms with Crippen LogP contribution in [0.2, 0.25) is 5.02 Å².